The summed E-state index contributed by atoms with van der Waals surface area (Å²) in [5, 5.41) is 11.9. The molecule has 5 rings (SSSR count). The van der Waals surface area contributed by atoms with E-state index in [0.29, 0.717) is 18.7 Å². The second-order valence-corrected chi connectivity index (χ2v) is 9.91. The maximum atomic E-state index is 12.0. The maximum Gasteiger partial charge on any atom is 0.457 e. The van der Waals surface area contributed by atoms with Gasteiger partial charge in [0, 0.05) is 0 Å². The molecule has 2 N–H and O–H groups in total. The molecule has 1 amide bonds. The monoisotopic (exact) mass is 429 g/mol. The summed E-state index contributed by atoms with van der Waals surface area (Å²) in [4.78, 5) is 23.6. The molecule has 3 aliphatic carbocycles. The zero-order chi connectivity index (χ0) is 22.3. The Morgan fingerprint density at radius 1 is 1.26 bits per heavy atom. The van der Waals surface area contributed by atoms with E-state index in [4.69, 9.17) is 14.0 Å². The molecule has 2 bridgehead atoms. The Kier molecular flexibility index (Phi) is 5.81. The first-order chi connectivity index (χ1) is 14.7. The second kappa shape index (κ2) is 8.13. The van der Waals surface area contributed by atoms with E-state index < -0.39 is 18.1 Å². The van der Waals surface area contributed by atoms with Crippen molar-refractivity contribution in [1.29, 1.82) is 0 Å². The van der Waals surface area contributed by atoms with Gasteiger partial charge in [-0.25, -0.2) is 9.59 Å². The molecule has 4 aliphatic rings. The SMILES string of the molecule is CC1(C)C2CC[C@]3(C)OB(CCC[C@H](NC(=O)OCc4ccccc4)C(=O)O)O[C@]13C2. The van der Waals surface area contributed by atoms with Gasteiger partial charge in [0.1, 0.15) is 12.6 Å². The largest absolute Gasteiger partial charge is 0.480 e. The Morgan fingerprint density at radius 3 is 2.65 bits per heavy atom. The zero-order valence-electron chi connectivity index (χ0n) is 18.6. The molecular weight excluding hydrogens is 397 g/mol. The van der Waals surface area contributed by atoms with Crippen LogP contribution in [0.5, 0.6) is 0 Å². The van der Waals surface area contributed by atoms with Crippen LogP contribution in [-0.4, -0.2) is 41.5 Å². The number of amides is 1. The Hall–Kier alpha value is -2.06. The first-order valence-electron chi connectivity index (χ1n) is 11.2. The van der Waals surface area contributed by atoms with Crippen LogP contribution in [0.15, 0.2) is 30.3 Å². The van der Waals surface area contributed by atoms with Gasteiger partial charge in [-0.05, 0) is 55.8 Å². The third kappa shape index (κ3) is 3.84. The highest BCUT2D eigenvalue weighted by molar-refractivity contribution is 6.45. The number of alkyl carbamates (subject to hydrolysis) is 1. The first-order valence-corrected chi connectivity index (χ1v) is 11.2. The molecule has 4 fully saturated rings. The number of carbonyl (C=O) groups excluding carboxylic acids is 1. The van der Waals surface area contributed by atoms with Gasteiger partial charge in [-0.2, -0.15) is 0 Å². The van der Waals surface area contributed by atoms with Crippen molar-refractivity contribution in [3.63, 3.8) is 0 Å². The van der Waals surface area contributed by atoms with Crippen molar-refractivity contribution in [3.05, 3.63) is 35.9 Å². The van der Waals surface area contributed by atoms with Crippen molar-refractivity contribution in [2.24, 2.45) is 11.3 Å². The van der Waals surface area contributed by atoms with Gasteiger partial charge in [-0.1, -0.05) is 50.6 Å². The standard InChI is InChI=1S/C23H32BNO6/c1-21(2)17-11-12-22(3)23(21,14-17)31-24(30-22)13-7-10-18(19(26)27)25-20(28)29-15-16-8-5-4-6-9-16/h4-6,8-9,17-18H,7,10-15H2,1-3H3,(H,25,28)(H,26,27)/t17?,18-,22-,23+/m0/s1. The molecule has 8 heteroatoms. The molecule has 1 spiro atoms. The highest BCUT2D eigenvalue weighted by Gasteiger charge is 2.75. The molecule has 3 saturated carbocycles. The molecule has 1 aliphatic heterocycles. The minimum Gasteiger partial charge on any atom is -0.480 e. The number of nitrogens with one attached hydrogen (secondary N) is 1. The average molecular weight is 429 g/mol. The molecule has 168 valence electrons. The zero-order valence-corrected chi connectivity index (χ0v) is 18.6. The van der Waals surface area contributed by atoms with Crippen LogP contribution >= 0.6 is 0 Å². The Bertz CT molecular complexity index is 833. The van der Waals surface area contributed by atoms with Gasteiger partial charge < -0.3 is 24.5 Å². The van der Waals surface area contributed by atoms with Gasteiger partial charge in [-0.15, -0.1) is 0 Å². The quantitative estimate of drug-likeness (QED) is 0.607. The summed E-state index contributed by atoms with van der Waals surface area (Å²) in [5.41, 5.74) is 0.430. The fraction of sp³-hybridized carbons (Fsp3) is 0.652. The molecule has 1 unspecified atom stereocenters. The van der Waals surface area contributed by atoms with Gasteiger partial charge in [0.2, 0.25) is 0 Å². The molecule has 1 saturated heterocycles. The van der Waals surface area contributed by atoms with Crippen LogP contribution in [-0.2, 0) is 25.4 Å². The lowest BCUT2D eigenvalue weighted by atomic mass is 9.41. The summed E-state index contributed by atoms with van der Waals surface area (Å²) in [7, 11) is -0.331. The third-order valence-corrected chi connectivity index (χ3v) is 7.88. The summed E-state index contributed by atoms with van der Waals surface area (Å²) in [6.45, 7) is 6.81. The highest BCUT2D eigenvalue weighted by Crippen LogP contribution is 2.70. The van der Waals surface area contributed by atoms with Gasteiger partial charge in [0.15, 0.2) is 0 Å². The van der Waals surface area contributed by atoms with Crippen LogP contribution in [0.2, 0.25) is 6.32 Å². The Labute approximate surface area is 184 Å². The topological polar surface area (TPSA) is 94.1 Å². The number of carboxylic acids is 1. The lowest BCUT2D eigenvalue weighted by Gasteiger charge is -2.69. The van der Waals surface area contributed by atoms with Crippen LogP contribution in [0.25, 0.3) is 0 Å². The van der Waals surface area contributed by atoms with E-state index in [1.54, 1.807) is 0 Å². The predicted octanol–water partition coefficient (Wildman–Crippen LogP) is 4.02. The molecule has 1 aromatic rings. The van der Waals surface area contributed by atoms with Crippen molar-refractivity contribution in [2.45, 2.75) is 83.0 Å². The molecule has 4 atom stereocenters. The van der Waals surface area contributed by atoms with E-state index in [0.717, 1.165) is 24.8 Å². The lowest BCUT2D eigenvalue weighted by molar-refractivity contribution is -0.257. The maximum absolute atomic E-state index is 12.0. The molecule has 0 radical (unpaired) electrons. The summed E-state index contributed by atoms with van der Waals surface area (Å²) < 4.78 is 18.0. The van der Waals surface area contributed by atoms with Crippen molar-refractivity contribution < 1.29 is 28.7 Å². The third-order valence-electron chi connectivity index (χ3n) is 7.88. The van der Waals surface area contributed by atoms with E-state index in [1.807, 2.05) is 30.3 Å². The van der Waals surface area contributed by atoms with Gasteiger partial charge in [0.05, 0.1) is 11.2 Å². The second-order valence-electron chi connectivity index (χ2n) is 9.91. The summed E-state index contributed by atoms with van der Waals surface area (Å²) >= 11 is 0. The van der Waals surface area contributed by atoms with Crippen LogP contribution in [0.1, 0.15) is 58.4 Å². The highest BCUT2D eigenvalue weighted by atomic mass is 16.7. The van der Waals surface area contributed by atoms with Crippen molar-refractivity contribution >= 4 is 19.2 Å². The smallest absolute Gasteiger partial charge is 0.457 e. The molecule has 0 aromatic heterocycles. The molecule has 1 aromatic carbocycles. The number of hydrogen-bond donors (Lipinski definition) is 2. The number of fused-ring (bicyclic) bond motifs is 1. The Morgan fingerprint density at radius 2 is 2.00 bits per heavy atom. The fourth-order valence-electron chi connectivity index (χ4n) is 5.86. The van der Waals surface area contributed by atoms with Gasteiger partial charge >= 0.3 is 19.2 Å². The number of benzene rings is 1. The van der Waals surface area contributed by atoms with E-state index in [9.17, 15) is 14.7 Å². The van der Waals surface area contributed by atoms with Gasteiger partial charge in [0.25, 0.3) is 0 Å². The predicted molar refractivity (Wildman–Crippen MR) is 115 cm³/mol. The van der Waals surface area contributed by atoms with E-state index >= 15 is 0 Å². The summed E-state index contributed by atoms with van der Waals surface area (Å²) in [6, 6.07) is 8.25. The van der Waals surface area contributed by atoms with Crippen LogP contribution in [0, 0.1) is 11.3 Å². The number of aliphatic carboxylic acids is 1. The van der Waals surface area contributed by atoms with E-state index in [2.05, 4.69) is 26.1 Å². The average Bonchev–Trinajstić information content (AvgIpc) is 3.07. The number of carboxylic acid groups (broad SMARTS) is 1. The summed E-state index contributed by atoms with van der Waals surface area (Å²) in [6.07, 6.45) is 3.93. The van der Waals surface area contributed by atoms with Crippen LogP contribution in [0.4, 0.5) is 4.79 Å². The number of hydrogen-bond acceptors (Lipinski definition) is 5. The molecule has 31 heavy (non-hydrogen) atoms. The van der Waals surface area contributed by atoms with Crippen molar-refractivity contribution in [1.82, 2.24) is 5.32 Å². The fourth-order valence-corrected chi connectivity index (χ4v) is 5.86. The minimum atomic E-state index is -1.08. The van der Waals surface area contributed by atoms with Crippen LogP contribution < -0.4 is 5.32 Å². The summed E-state index contributed by atoms with van der Waals surface area (Å²) in [5.74, 6) is -0.391. The van der Waals surface area contributed by atoms with E-state index in [1.165, 1.54) is 0 Å². The van der Waals surface area contributed by atoms with Crippen LogP contribution in [0.3, 0.4) is 0 Å². The Balaban J connectivity index is 1.25. The van der Waals surface area contributed by atoms with Crippen molar-refractivity contribution in [3.8, 4) is 0 Å². The minimum absolute atomic E-state index is 0.0974. The number of carbonyl (C=O) groups is 2. The number of ether oxygens (including phenoxy) is 1. The van der Waals surface area contributed by atoms with Crippen molar-refractivity contribution in [2.75, 3.05) is 0 Å². The molecule has 1 heterocycles. The molecular formula is C23H32BNO6. The lowest BCUT2D eigenvalue weighted by Crippen LogP contribution is -2.73. The number of rotatable bonds is 8. The molecule has 7 nitrogen and oxygen atoms in total. The normalized spacial score (nSPS) is 31.3. The van der Waals surface area contributed by atoms with E-state index in [-0.39, 0.29) is 36.8 Å². The first kappa shape index (κ1) is 22.2. The van der Waals surface area contributed by atoms with Gasteiger partial charge in [-0.3, -0.25) is 0 Å².